The number of hydrogen-bond acceptors (Lipinski definition) is 6. The van der Waals surface area contributed by atoms with Crippen LogP contribution in [0, 0.1) is 10.1 Å². The molecular formula is C41H34ClN5O4S. The van der Waals surface area contributed by atoms with Crippen molar-refractivity contribution in [2.45, 2.75) is 26.8 Å². The van der Waals surface area contributed by atoms with E-state index in [4.69, 9.17) is 16.6 Å². The lowest BCUT2D eigenvalue weighted by molar-refractivity contribution is -0.384. The van der Waals surface area contributed by atoms with Crippen molar-refractivity contribution in [3.63, 3.8) is 0 Å². The van der Waals surface area contributed by atoms with Crippen molar-refractivity contribution in [1.29, 1.82) is 0 Å². The Labute approximate surface area is 308 Å². The molecule has 0 saturated heterocycles. The van der Waals surface area contributed by atoms with Crippen molar-refractivity contribution in [3.8, 4) is 28.2 Å². The van der Waals surface area contributed by atoms with Crippen LogP contribution in [0.3, 0.4) is 0 Å². The number of nitro groups is 1. The maximum Gasteiger partial charge on any atom is 0.271 e. The topological polar surface area (TPSA) is 103 Å². The molecule has 1 amide bonds. The van der Waals surface area contributed by atoms with Crippen LogP contribution in [0.2, 0.25) is 5.02 Å². The second-order valence-electron chi connectivity index (χ2n) is 12.3. The number of fused-ring (bicyclic) bond motifs is 1. The van der Waals surface area contributed by atoms with E-state index in [0.29, 0.717) is 38.7 Å². The lowest BCUT2D eigenvalue weighted by Gasteiger charge is -2.29. The van der Waals surface area contributed by atoms with Crippen molar-refractivity contribution in [3.05, 3.63) is 172 Å². The van der Waals surface area contributed by atoms with Crippen molar-refractivity contribution in [2.24, 2.45) is 4.99 Å². The molecule has 3 heterocycles. The van der Waals surface area contributed by atoms with Gasteiger partial charge in [0.05, 0.1) is 38.2 Å². The van der Waals surface area contributed by atoms with E-state index < -0.39 is 11.0 Å². The minimum atomic E-state index is -0.707. The van der Waals surface area contributed by atoms with Crippen molar-refractivity contribution in [2.75, 3.05) is 13.1 Å². The molecule has 1 aliphatic rings. The SMILES string of the molecule is CCN(CC)C(=O)C1=C(C)N=c2s/c(=C/c3cc(-c4ccccc4)n(-c4ccc([N+](=O)[O-])cc4)c3-c3ccccc3)c(=O)n2[C@@H]1c1ccc(Cl)cc1. The fourth-order valence-electron chi connectivity index (χ4n) is 6.72. The second kappa shape index (κ2) is 14.4. The van der Waals surface area contributed by atoms with E-state index in [1.807, 2.05) is 106 Å². The lowest BCUT2D eigenvalue weighted by atomic mass is 9.94. The van der Waals surface area contributed by atoms with Gasteiger partial charge in [0.1, 0.15) is 0 Å². The first-order chi connectivity index (χ1) is 25.2. The van der Waals surface area contributed by atoms with E-state index >= 15 is 0 Å². The zero-order valence-corrected chi connectivity index (χ0v) is 30.3. The number of halogens is 1. The maximum absolute atomic E-state index is 14.7. The summed E-state index contributed by atoms with van der Waals surface area (Å²) < 4.78 is 4.13. The highest BCUT2D eigenvalue weighted by Crippen LogP contribution is 2.37. The van der Waals surface area contributed by atoms with Gasteiger partial charge in [0, 0.05) is 41.5 Å². The smallest absolute Gasteiger partial charge is 0.271 e. The number of thiazole rings is 1. The summed E-state index contributed by atoms with van der Waals surface area (Å²) in [5.41, 5.74) is 6.44. The standard InChI is InChI=1S/C41H34ClN5O4S/c1-4-44(5-2)40(49)36-26(3)43-41-46(38(36)29-16-18-31(42)19-17-29)39(48)35(52-41)25-30-24-34(27-12-8-6-9-13-27)45(37(30)28-14-10-7-11-15-28)32-20-22-33(23-21-32)47(50)51/h6-25,38H,4-5H2,1-3H3/b35-25+/t38-/m1/s1. The van der Waals surface area contributed by atoms with Crippen molar-refractivity contribution < 1.29 is 9.72 Å². The Hall–Kier alpha value is -5.84. The monoisotopic (exact) mass is 727 g/mol. The summed E-state index contributed by atoms with van der Waals surface area (Å²) in [5, 5.41) is 12.1. The van der Waals surface area contributed by atoms with Gasteiger partial charge in [0.15, 0.2) is 4.80 Å². The van der Waals surface area contributed by atoms with Crippen LogP contribution in [0.5, 0.6) is 0 Å². The van der Waals surface area contributed by atoms with Crippen LogP contribution in [0.25, 0.3) is 34.3 Å². The van der Waals surface area contributed by atoms with Crippen LogP contribution in [0.15, 0.2) is 136 Å². The molecule has 7 rings (SSSR count). The predicted octanol–water partition coefficient (Wildman–Crippen LogP) is 7.79. The van der Waals surface area contributed by atoms with Gasteiger partial charge in [0.25, 0.3) is 17.2 Å². The van der Waals surface area contributed by atoms with Gasteiger partial charge in [-0.2, -0.15) is 0 Å². The van der Waals surface area contributed by atoms with Gasteiger partial charge in [-0.15, -0.1) is 0 Å². The van der Waals surface area contributed by atoms with Crippen molar-refractivity contribution in [1.82, 2.24) is 14.0 Å². The summed E-state index contributed by atoms with van der Waals surface area (Å²) in [7, 11) is 0. The number of nitrogens with zero attached hydrogens (tertiary/aromatic N) is 5. The highest BCUT2D eigenvalue weighted by Gasteiger charge is 2.34. The summed E-state index contributed by atoms with van der Waals surface area (Å²) in [6.45, 7) is 6.71. The number of aromatic nitrogens is 2. The number of carbonyl (C=O) groups excluding carboxylic acids is 1. The summed E-state index contributed by atoms with van der Waals surface area (Å²) in [4.78, 5) is 46.9. The van der Waals surface area contributed by atoms with Gasteiger partial charge in [-0.25, -0.2) is 4.99 Å². The predicted molar refractivity (Wildman–Crippen MR) is 206 cm³/mol. The molecule has 0 saturated carbocycles. The van der Waals surface area contributed by atoms with E-state index in [1.165, 1.54) is 23.5 Å². The van der Waals surface area contributed by atoms with Gasteiger partial charge in [0.2, 0.25) is 0 Å². The van der Waals surface area contributed by atoms with Crippen LogP contribution < -0.4 is 14.9 Å². The van der Waals surface area contributed by atoms with Crippen LogP contribution >= 0.6 is 22.9 Å². The van der Waals surface area contributed by atoms with Gasteiger partial charge in [-0.1, -0.05) is 95.7 Å². The van der Waals surface area contributed by atoms with Crippen LogP contribution in [0.4, 0.5) is 5.69 Å². The second-order valence-corrected chi connectivity index (χ2v) is 13.7. The summed E-state index contributed by atoms with van der Waals surface area (Å²) in [6, 6.07) is 34.7. The lowest BCUT2D eigenvalue weighted by Crippen LogP contribution is -2.43. The number of allylic oxidation sites excluding steroid dienone is 1. The van der Waals surface area contributed by atoms with Gasteiger partial charge < -0.3 is 9.47 Å². The van der Waals surface area contributed by atoms with E-state index in [1.54, 1.807) is 33.7 Å². The number of likely N-dealkylation sites (N-methyl/N-ethyl adjacent to an activating group) is 1. The summed E-state index contributed by atoms with van der Waals surface area (Å²) in [6.07, 6.45) is 1.88. The van der Waals surface area contributed by atoms with Crippen molar-refractivity contribution >= 4 is 40.6 Å². The quantitative estimate of drug-likeness (QED) is 0.112. The molecular weight excluding hydrogens is 694 g/mol. The first kappa shape index (κ1) is 34.6. The number of benzene rings is 4. The molecule has 0 unspecified atom stereocenters. The molecule has 0 aliphatic carbocycles. The molecule has 1 atom stereocenters. The molecule has 0 radical (unpaired) electrons. The fourth-order valence-corrected chi connectivity index (χ4v) is 7.89. The molecule has 6 aromatic rings. The average Bonchev–Trinajstić information content (AvgIpc) is 3.69. The number of carbonyl (C=O) groups is 1. The molecule has 9 nitrogen and oxygen atoms in total. The minimum Gasteiger partial charge on any atom is -0.339 e. The van der Waals surface area contributed by atoms with Gasteiger partial charge in [-0.05, 0) is 73.9 Å². The molecule has 0 bridgehead atoms. The number of nitro benzene ring substituents is 1. The van der Waals surface area contributed by atoms with E-state index in [0.717, 1.165) is 39.3 Å². The molecule has 0 fully saturated rings. The fraction of sp³-hybridized carbons (Fsp3) is 0.146. The van der Waals surface area contributed by atoms with E-state index in [-0.39, 0.29) is 17.2 Å². The first-order valence-electron chi connectivity index (χ1n) is 16.9. The Bertz CT molecular complexity index is 2520. The van der Waals surface area contributed by atoms with Crippen LogP contribution in [0.1, 0.15) is 37.9 Å². The molecule has 0 N–H and O–H groups in total. The van der Waals surface area contributed by atoms with Gasteiger partial charge in [-0.3, -0.25) is 24.3 Å². The zero-order chi connectivity index (χ0) is 36.5. The molecule has 4 aromatic carbocycles. The molecule has 2 aromatic heterocycles. The highest BCUT2D eigenvalue weighted by molar-refractivity contribution is 7.07. The first-order valence-corrected chi connectivity index (χ1v) is 18.1. The zero-order valence-electron chi connectivity index (χ0n) is 28.7. The van der Waals surface area contributed by atoms with Crippen LogP contribution in [-0.2, 0) is 4.79 Å². The molecule has 260 valence electrons. The Kier molecular flexibility index (Phi) is 9.59. The third kappa shape index (κ3) is 6.31. The largest absolute Gasteiger partial charge is 0.339 e. The molecule has 11 heteroatoms. The Balaban J connectivity index is 1.50. The third-order valence-corrected chi connectivity index (χ3v) is 10.5. The number of non-ortho nitro benzene ring substituents is 1. The summed E-state index contributed by atoms with van der Waals surface area (Å²) >= 11 is 7.55. The highest BCUT2D eigenvalue weighted by atomic mass is 35.5. The third-order valence-electron chi connectivity index (χ3n) is 9.24. The Morgan fingerprint density at radius 3 is 2.13 bits per heavy atom. The minimum absolute atomic E-state index is 0.0101. The number of hydrogen-bond donors (Lipinski definition) is 0. The average molecular weight is 728 g/mol. The maximum atomic E-state index is 14.7. The Morgan fingerprint density at radius 2 is 1.54 bits per heavy atom. The number of amides is 1. The summed E-state index contributed by atoms with van der Waals surface area (Å²) in [5.74, 6) is -0.167. The molecule has 0 spiro atoms. The van der Waals surface area contributed by atoms with Crippen LogP contribution in [-0.4, -0.2) is 38.0 Å². The number of rotatable bonds is 9. The molecule has 1 aliphatic heterocycles. The van der Waals surface area contributed by atoms with E-state index in [2.05, 4.69) is 4.57 Å². The van der Waals surface area contributed by atoms with E-state index in [9.17, 15) is 19.7 Å². The molecule has 52 heavy (non-hydrogen) atoms. The normalized spacial score (nSPS) is 14.2. The Morgan fingerprint density at radius 1 is 0.923 bits per heavy atom. The van der Waals surface area contributed by atoms with Gasteiger partial charge >= 0.3 is 0 Å².